The first-order valence-corrected chi connectivity index (χ1v) is 7.20. The molecule has 0 spiro atoms. The lowest BCUT2D eigenvalue weighted by Crippen LogP contribution is -2.37. The number of morpholine rings is 1. The van der Waals surface area contributed by atoms with Crippen LogP contribution in [-0.2, 0) is 4.74 Å². The third-order valence-electron chi connectivity index (χ3n) is 3.32. The second-order valence-electron chi connectivity index (χ2n) is 4.80. The van der Waals surface area contributed by atoms with Crippen LogP contribution in [0.4, 0.5) is 20.6 Å². The molecular formula is C14H19ClFN3O2. The largest absolute Gasteiger partial charge is 0.378 e. The molecule has 1 aliphatic heterocycles. The number of alkyl halides is 1. The number of hydrogen-bond acceptors (Lipinski definition) is 3. The minimum absolute atomic E-state index is 0.0548. The zero-order valence-electron chi connectivity index (χ0n) is 11.9. The van der Waals surface area contributed by atoms with Gasteiger partial charge in [0.15, 0.2) is 0 Å². The van der Waals surface area contributed by atoms with Gasteiger partial charge in [-0.25, -0.2) is 9.18 Å². The van der Waals surface area contributed by atoms with E-state index >= 15 is 0 Å². The molecule has 0 bridgehead atoms. The van der Waals surface area contributed by atoms with Crippen molar-refractivity contribution in [2.45, 2.75) is 0 Å². The monoisotopic (exact) mass is 315 g/mol. The van der Waals surface area contributed by atoms with Crippen molar-refractivity contribution in [3.05, 3.63) is 23.2 Å². The maximum absolute atomic E-state index is 12.3. The third-order valence-corrected chi connectivity index (χ3v) is 3.55. The molecule has 7 heteroatoms. The Morgan fingerprint density at radius 1 is 1.48 bits per heavy atom. The van der Waals surface area contributed by atoms with Gasteiger partial charge in [-0.05, 0) is 18.2 Å². The number of nitrogens with one attached hydrogen (secondary N) is 1. The minimum atomic E-state index is -0.574. The molecule has 1 N–H and O–H groups in total. The number of carbonyl (C=O) groups excluding carboxylic acids is 1. The van der Waals surface area contributed by atoms with Crippen LogP contribution in [0.1, 0.15) is 0 Å². The highest BCUT2D eigenvalue weighted by atomic mass is 35.5. The average Bonchev–Trinajstić information content (AvgIpc) is 2.48. The van der Waals surface area contributed by atoms with Crippen molar-refractivity contribution in [2.75, 3.05) is 56.8 Å². The summed E-state index contributed by atoms with van der Waals surface area (Å²) in [7, 11) is 1.55. The zero-order chi connectivity index (χ0) is 15.2. The van der Waals surface area contributed by atoms with E-state index in [1.807, 2.05) is 6.07 Å². The molecule has 21 heavy (non-hydrogen) atoms. The first-order chi connectivity index (χ1) is 10.1. The lowest BCUT2D eigenvalue weighted by molar-refractivity contribution is 0.123. The maximum Gasteiger partial charge on any atom is 0.321 e. The number of ether oxygens (including phenoxy) is 1. The Labute approximate surface area is 128 Å². The highest BCUT2D eigenvalue weighted by Gasteiger charge is 2.17. The highest BCUT2D eigenvalue weighted by Crippen LogP contribution is 2.30. The van der Waals surface area contributed by atoms with Crippen molar-refractivity contribution in [3.8, 4) is 0 Å². The van der Waals surface area contributed by atoms with Gasteiger partial charge in [-0.2, -0.15) is 0 Å². The van der Waals surface area contributed by atoms with E-state index in [1.165, 1.54) is 4.90 Å². The van der Waals surface area contributed by atoms with E-state index in [1.54, 1.807) is 19.2 Å². The van der Waals surface area contributed by atoms with Crippen LogP contribution in [-0.4, -0.2) is 57.5 Å². The lowest BCUT2D eigenvalue weighted by Gasteiger charge is -2.31. The van der Waals surface area contributed by atoms with Gasteiger partial charge in [0.05, 0.1) is 31.1 Å². The molecule has 0 saturated carbocycles. The van der Waals surface area contributed by atoms with E-state index in [2.05, 4.69) is 10.2 Å². The van der Waals surface area contributed by atoms with Gasteiger partial charge in [0.2, 0.25) is 0 Å². The number of hydrogen-bond donors (Lipinski definition) is 1. The summed E-state index contributed by atoms with van der Waals surface area (Å²) in [6.07, 6.45) is 0. The van der Waals surface area contributed by atoms with Gasteiger partial charge in [0.25, 0.3) is 0 Å². The molecule has 1 heterocycles. The topological polar surface area (TPSA) is 44.8 Å². The van der Waals surface area contributed by atoms with E-state index in [0.29, 0.717) is 23.9 Å². The molecule has 0 aromatic heterocycles. The number of rotatable bonds is 4. The van der Waals surface area contributed by atoms with Crippen molar-refractivity contribution < 1.29 is 13.9 Å². The fourth-order valence-electron chi connectivity index (χ4n) is 2.13. The quantitative estimate of drug-likeness (QED) is 0.929. The summed E-state index contributed by atoms with van der Waals surface area (Å²) in [6.45, 7) is 2.29. The van der Waals surface area contributed by atoms with Crippen LogP contribution in [0.25, 0.3) is 0 Å². The lowest BCUT2D eigenvalue weighted by atomic mass is 10.2. The molecule has 2 rings (SSSR count). The summed E-state index contributed by atoms with van der Waals surface area (Å²) < 4.78 is 17.6. The number of carbonyl (C=O) groups is 1. The Hall–Kier alpha value is -1.53. The summed E-state index contributed by atoms with van der Waals surface area (Å²) in [4.78, 5) is 15.4. The predicted octanol–water partition coefficient (Wildman–Crippen LogP) is 2.61. The first kappa shape index (κ1) is 15.9. The van der Waals surface area contributed by atoms with Gasteiger partial charge < -0.3 is 19.9 Å². The molecular weight excluding hydrogens is 297 g/mol. The van der Waals surface area contributed by atoms with Crippen molar-refractivity contribution >= 4 is 29.0 Å². The number of amides is 2. The smallest absolute Gasteiger partial charge is 0.321 e. The van der Waals surface area contributed by atoms with Crippen LogP contribution in [0.3, 0.4) is 0 Å². The summed E-state index contributed by atoms with van der Waals surface area (Å²) in [5.41, 5.74) is 1.52. The summed E-state index contributed by atoms with van der Waals surface area (Å²) in [5, 5.41) is 3.32. The minimum Gasteiger partial charge on any atom is -0.378 e. The Balaban J connectivity index is 2.16. The van der Waals surface area contributed by atoms with Crippen LogP contribution < -0.4 is 10.2 Å². The molecule has 1 aliphatic rings. The van der Waals surface area contributed by atoms with E-state index in [0.717, 1.165) is 18.8 Å². The van der Waals surface area contributed by atoms with E-state index in [9.17, 15) is 9.18 Å². The fraction of sp³-hybridized carbons (Fsp3) is 0.500. The highest BCUT2D eigenvalue weighted by molar-refractivity contribution is 6.31. The van der Waals surface area contributed by atoms with Crippen molar-refractivity contribution in [1.82, 2.24) is 4.90 Å². The molecule has 0 atom stereocenters. The summed E-state index contributed by atoms with van der Waals surface area (Å²) >= 11 is 6.01. The van der Waals surface area contributed by atoms with Gasteiger partial charge in [0, 0.05) is 25.2 Å². The Bertz CT molecular complexity index is 495. The van der Waals surface area contributed by atoms with Crippen LogP contribution in [0, 0.1) is 0 Å². The predicted molar refractivity (Wildman–Crippen MR) is 82.1 cm³/mol. The van der Waals surface area contributed by atoms with Crippen molar-refractivity contribution in [1.29, 1.82) is 0 Å². The Kier molecular flexibility index (Phi) is 5.64. The van der Waals surface area contributed by atoms with E-state index in [4.69, 9.17) is 16.3 Å². The van der Waals surface area contributed by atoms with Crippen LogP contribution in [0.15, 0.2) is 18.2 Å². The van der Waals surface area contributed by atoms with Gasteiger partial charge in [-0.3, -0.25) is 0 Å². The van der Waals surface area contributed by atoms with Crippen molar-refractivity contribution in [3.63, 3.8) is 0 Å². The number of nitrogens with zero attached hydrogens (tertiary/aromatic N) is 2. The molecule has 116 valence electrons. The molecule has 1 aromatic rings. The summed E-state index contributed by atoms with van der Waals surface area (Å²) in [5.74, 6) is 0. The zero-order valence-corrected chi connectivity index (χ0v) is 12.7. The van der Waals surface area contributed by atoms with Crippen LogP contribution >= 0.6 is 11.6 Å². The van der Waals surface area contributed by atoms with Crippen LogP contribution in [0.5, 0.6) is 0 Å². The standard InChI is InChI=1S/C14H19ClFN3O2/c1-18(5-4-16)14(20)17-12-10-11(15)2-3-13(12)19-6-8-21-9-7-19/h2-3,10H,4-9H2,1H3,(H,17,20). The SMILES string of the molecule is CN(CCF)C(=O)Nc1cc(Cl)ccc1N1CCOCC1. The van der Waals surface area contributed by atoms with Crippen LogP contribution in [0.2, 0.25) is 5.02 Å². The van der Waals surface area contributed by atoms with Gasteiger partial charge in [-0.15, -0.1) is 0 Å². The normalized spacial score (nSPS) is 14.9. The second-order valence-corrected chi connectivity index (χ2v) is 5.24. The molecule has 0 unspecified atom stereocenters. The fourth-order valence-corrected chi connectivity index (χ4v) is 2.30. The average molecular weight is 316 g/mol. The molecule has 2 amide bonds. The van der Waals surface area contributed by atoms with Gasteiger partial charge in [0.1, 0.15) is 6.67 Å². The third kappa shape index (κ3) is 4.22. The number of anilines is 2. The molecule has 0 radical (unpaired) electrons. The molecule has 5 nitrogen and oxygen atoms in total. The molecule has 1 saturated heterocycles. The Morgan fingerprint density at radius 2 is 2.19 bits per heavy atom. The molecule has 1 fully saturated rings. The number of benzene rings is 1. The first-order valence-electron chi connectivity index (χ1n) is 6.82. The second kappa shape index (κ2) is 7.47. The van der Waals surface area contributed by atoms with E-state index in [-0.39, 0.29) is 12.6 Å². The van der Waals surface area contributed by atoms with Gasteiger partial charge in [-0.1, -0.05) is 11.6 Å². The number of urea groups is 1. The van der Waals surface area contributed by atoms with Gasteiger partial charge >= 0.3 is 6.03 Å². The molecule has 0 aliphatic carbocycles. The van der Waals surface area contributed by atoms with E-state index < -0.39 is 6.67 Å². The maximum atomic E-state index is 12.3. The Morgan fingerprint density at radius 3 is 2.86 bits per heavy atom. The number of halogens is 2. The van der Waals surface area contributed by atoms with Crippen molar-refractivity contribution in [2.24, 2.45) is 0 Å². The summed E-state index contributed by atoms with van der Waals surface area (Å²) in [6, 6.07) is 5.00. The molecule has 1 aromatic carbocycles.